The van der Waals surface area contributed by atoms with Gasteiger partial charge in [0.25, 0.3) is 0 Å². The van der Waals surface area contributed by atoms with E-state index in [-0.39, 0.29) is 0 Å². The summed E-state index contributed by atoms with van der Waals surface area (Å²) in [5.41, 5.74) is 4.23. The number of hydrogen-bond acceptors (Lipinski definition) is 2. The monoisotopic (exact) mass is 458 g/mol. The largest absolute Gasteiger partial charge is 0.253 e. The van der Waals surface area contributed by atoms with E-state index in [2.05, 4.69) is 115 Å². The molecule has 0 bridgehead atoms. The second-order valence-electron chi connectivity index (χ2n) is 8.64. The van der Waals surface area contributed by atoms with E-state index in [9.17, 15) is 0 Å². The quantitative estimate of drug-likeness (QED) is 0.311. The van der Waals surface area contributed by atoms with Gasteiger partial charge in [-0.15, -0.1) is 0 Å². The van der Waals surface area contributed by atoms with Crippen LogP contribution in [0.25, 0.3) is 16.4 Å². The number of nitrogens with zero attached hydrogens (tertiary/aromatic N) is 3. The Morgan fingerprint density at radius 1 is 0.676 bits per heavy atom. The molecule has 0 spiro atoms. The summed E-state index contributed by atoms with van der Waals surface area (Å²) in [6, 6.07) is 41.5. The molecule has 4 heteroatoms. The van der Waals surface area contributed by atoms with Crippen molar-refractivity contribution in [3.05, 3.63) is 133 Å². The number of hydrogen-bond donors (Lipinski definition) is 0. The molecule has 6 aromatic rings. The van der Waals surface area contributed by atoms with Gasteiger partial charge in [0.05, 0.1) is 11.0 Å². The van der Waals surface area contributed by atoms with Crippen LogP contribution in [0.15, 0.2) is 121 Å². The Balaban J connectivity index is 1.60. The zero-order valence-electron chi connectivity index (χ0n) is 19.0. The van der Waals surface area contributed by atoms with Crippen molar-refractivity contribution in [2.75, 3.05) is 0 Å². The first-order valence-electron chi connectivity index (χ1n) is 11.5. The smallest absolute Gasteiger partial charge is 0.118 e. The van der Waals surface area contributed by atoms with Crippen LogP contribution in [0.5, 0.6) is 0 Å². The summed E-state index contributed by atoms with van der Waals surface area (Å²) in [4.78, 5) is 4.72. The zero-order valence-corrected chi connectivity index (χ0v) is 19.9. The SMILES string of the molecule is Cc1ccc2c(ccn3nc(C[P+](c4ccccc4)(c4ccccc4)c4ccccc4)cc23)n1. The molecule has 3 aromatic heterocycles. The molecule has 3 heterocycles. The van der Waals surface area contributed by atoms with E-state index in [1.54, 1.807) is 0 Å². The molecule has 0 saturated carbocycles. The van der Waals surface area contributed by atoms with Crippen LogP contribution in [0, 0.1) is 6.92 Å². The van der Waals surface area contributed by atoms with E-state index in [1.807, 2.05) is 17.6 Å². The summed E-state index contributed by atoms with van der Waals surface area (Å²) in [5.74, 6) is 0. The third kappa shape index (κ3) is 3.50. The van der Waals surface area contributed by atoms with Crippen LogP contribution >= 0.6 is 7.26 Å². The third-order valence-electron chi connectivity index (χ3n) is 6.49. The van der Waals surface area contributed by atoms with Crippen LogP contribution in [0.4, 0.5) is 0 Å². The van der Waals surface area contributed by atoms with Gasteiger partial charge in [-0.05, 0) is 67.6 Å². The maximum absolute atomic E-state index is 5.06. The Morgan fingerprint density at radius 3 is 1.79 bits per heavy atom. The lowest BCUT2D eigenvalue weighted by Gasteiger charge is -2.27. The van der Waals surface area contributed by atoms with Gasteiger partial charge in [-0.25, -0.2) is 4.52 Å². The van der Waals surface area contributed by atoms with E-state index < -0.39 is 7.26 Å². The first-order valence-corrected chi connectivity index (χ1v) is 13.5. The fourth-order valence-electron chi connectivity index (χ4n) is 4.91. The Labute approximate surface area is 200 Å². The second-order valence-corrected chi connectivity index (χ2v) is 12.1. The van der Waals surface area contributed by atoms with Crippen LogP contribution in [-0.4, -0.2) is 14.6 Å². The van der Waals surface area contributed by atoms with Crippen molar-refractivity contribution in [3.63, 3.8) is 0 Å². The lowest BCUT2D eigenvalue weighted by atomic mass is 10.2. The van der Waals surface area contributed by atoms with Gasteiger partial charge in [-0.1, -0.05) is 54.6 Å². The van der Waals surface area contributed by atoms with Crippen LogP contribution in [0.3, 0.4) is 0 Å². The zero-order chi connectivity index (χ0) is 23.0. The van der Waals surface area contributed by atoms with Crippen molar-refractivity contribution in [2.45, 2.75) is 13.1 Å². The van der Waals surface area contributed by atoms with Crippen LogP contribution in [-0.2, 0) is 6.16 Å². The van der Waals surface area contributed by atoms with Crippen LogP contribution in [0.2, 0.25) is 0 Å². The number of benzene rings is 3. The standard InChI is InChI=1S/C30H25N3P/c1-23-17-18-28-29(31-23)19-20-33-30(28)21-24(32-33)22-34(25-11-5-2-6-12-25,26-13-7-3-8-14-26)27-15-9-4-10-16-27/h2-21H,22H2,1H3/q+1. The van der Waals surface area contributed by atoms with Crippen molar-refractivity contribution in [1.29, 1.82) is 0 Å². The maximum Gasteiger partial charge on any atom is 0.118 e. The fraction of sp³-hybridized carbons (Fsp3) is 0.0667. The Morgan fingerprint density at radius 2 is 1.24 bits per heavy atom. The molecule has 34 heavy (non-hydrogen) atoms. The average Bonchev–Trinajstić information content (AvgIpc) is 3.31. The first-order chi connectivity index (χ1) is 16.7. The van der Waals surface area contributed by atoms with Gasteiger partial charge in [0.2, 0.25) is 0 Å². The summed E-state index contributed by atoms with van der Waals surface area (Å²) < 4.78 is 2.00. The molecule has 0 aliphatic carbocycles. The topological polar surface area (TPSA) is 30.2 Å². The number of aryl methyl sites for hydroxylation is 1. The van der Waals surface area contributed by atoms with Crippen molar-refractivity contribution < 1.29 is 0 Å². The molecule has 0 saturated heterocycles. The Kier molecular flexibility index (Phi) is 5.20. The molecule has 164 valence electrons. The number of rotatable bonds is 5. The van der Waals surface area contributed by atoms with E-state index in [0.29, 0.717) is 0 Å². The highest BCUT2D eigenvalue weighted by molar-refractivity contribution is 7.95. The number of aromatic nitrogens is 3. The average molecular weight is 459 g/mol. The van der Waals surface area contributed by atoms with E-state index in [0.717, 1.165) is 34.0 Å². The molecule has 3 nitrogen and oxygen atoms in total. The molecular weight excluding hydrogens is 433 g/mol. The van der Waals surface area contributed by atoms with Crippen molar-refractivity contribution in [2.24, 2.45) is 0 Å². The highest BCUT2D eigenvalue weighted by Gasteiger charge is 2.46. The lowest BCUT2D eigenvalue weighted by Crippen LogP contribution is -2.32. The van der Waals surface area contributed by atoms with Gasteiger partial charge >= 0.3 is 0 Å². The molecule has 0 radical (unpaired) electrons. The third-order valence-corrected chi connectivity index (χ3v) is 10.8. The number of fused-ring (bicyclic) bond motifs is 3. The molecule has 0 atom stereocenters. The van der Waals surface area contributed by atoms with Crippen molar-refractivity contribution in [1.82, 2.24) is 14.6 Å². The predicted octanol–water partition coefficient (Wildman–Crippen LogP) is 5.69. The molecule has 3 aromatic carbocycles. The summed E-state index contributed by atoms with van der Waals surface area (Å²) in [6.45, 7) is 2.03. The summed E-state index contributed by atoms with van der Waals surface area (Å²) in [5, 5.41) is 10.3. The molecule has 6 rings (SSSR count). The maximum atomic E-state index is 5.06. The molecule has 0 aliphatic heterocycles. The molecule has 0 aliphatic rings. The first kappa shape index (κ1) is 20.8. The van der Waals surface area contributed by atoms with Gasteiger partial charge in [-0.3, -0.25) is 4.98 Å². The molecule has 0 N–H and O–H groups in total. The second kappa shape index (κ2) is 8.52. The Bertz CT molecular complexity index is 1480. The Hall–Kier alpha value is -3.81. The van der Waals surface area contributed by atoms with E-state index >= 15 is 0 Å². The number of pyridine rings is 2. The normalized spacial score (nSPS) is 11.8. The molecule has 0 unspecified atom stereocenters. The highest BCUT2D eigenvalue weighted by Crippen LogP contribution is 2.58. The predicted molar refractivity (Wildman–Crippen MR) is 144 cm³/mol. The van der Waals surface area contributed by atoms with E-state index in [4.69, 9.17) is 10.1 Å². The lowest BCUT2D eigenvalue weighted by molar-refractivity contribution is 0.931. The van der Waals surface area contributed by atoms with Gasteiger partial charge in [0, 0.05) is 17.3 Å². The fourth-order valence-corrected chi connectivity index (χ4v) is 9.04. The summed E-state index contributed by atoms with van der Waals surface area (Å²) in [6.07, 6.45) is 2.88. The molecule has 0 amide bonds. The van der Waals surface area contributed by atoms with Gasteiger partial charge in [0.1, 0.15) is 35.0 Å². The van der Waals surface area contributed by atoms with E-state index in [1.165, 1.54) is 15.9 Å². The van der Waals surface area contributed by atoms with Gasteiger partial charge in [-0.2, -0.15) is 5.10 Å². The highest BCUT2D eigenvalue weighted by atomic mass is 31.2. The van der Waals surface area contributed by atoms with Crippen LogP contribution in [0.1, 0.15) is 11.4 Å². The molecule has 0 fully saturated rings. The minimum Gasteiger partial charge on any atom is -0.253 e. The van der Waals surface area contributed by atoms with Crippen LogP contribution < -0.4 is 15.9 Å². The summed E-state index contributed by atoms with van der Waals surface area (Å²) in [7, 11) is -1.99. The van der Waals surface area contributed by atoms with Gasteiger partial charge in [0.15, 0.2) is 0 Å². The van der Waals surface area contributed by atoms with Gasteiger partial charge < -0.3 is 0 Å². The minimum atomic E-state index is -1.99. The minimum absolute atomic E-state index is 0.855. The van der Waals surface area contributed by atoms with Crippen molar-refractivity contribution >= 4 is 39.6 Å². The van der Waals surface area contributed by atoms with Crippen molar-refractivity contribution in [3.8, 4) is 0 Å². The molecular formula is C30H25N3P+. The summed E-state index contributed by atoms with van der Waals surface area (Å²) >= 11 is 0.